The van der Waals surface area contributed by atoms with Gasteiger partial charge in [0.05, 0.1) is 11.9 Å². The van der Waals surface area contributed by atoms with Gasteiger partial charge in [-0.2, -0.15) is 5.10 Å². The van der Waals surface area contributed by atoms with Crippen LogP contribution in [0.2, 0.25) is 0 Å². The normalized spacial score (nSPS) is 10.3. The Morgan fingerprint density at radius 1 is 1.40 bits per heavy atom. The van der Waals surface area contributed by atoms with E-state index in [2.05, 4.69) is 31.3 Å². The van der Waals surface area contributed by atoms with Gasteiger partial charge < -0.3 is 5.32 Å². The van der Waals surface area contributed by atoms with Crippen LogP contribution >= 0.6 is 15.9 Å². The highest BCUT2D eigenvalue weighted by atomic mass is 79.9. The van der Waals surface area contributed by atoms with Gasteiger partial charge in [0.15, 0.2) is 0 Å². The Morgan fingerprint density at radius 2 is 2.20 bits per heavy atom. The van der Waals surface area contributed by atoms with Crippen molar-refractivity contribution in [2.24, 2.45) is 7.05 Å². The van der Waals surface area contributed by atoms with Crippen molar-refractivity contribution in [3.63, 3.8) is 0 Å². The molecule has 78 valence electrons. The van der Waals surface area contributed by atoms with Gasteiger partial charge in [0, 0.05) is 23.9 Å². The number of rotatable bonds is 2. The predicted molar refractivity (Wildman–Crippen MR) is 63.2 cm³/mol. The first kappa shape index (κ1) is 10.2. The number of aromatic nitrogens is 3. The van der Waals surface area contributed by atoms with Crippen LogP contribution < -0.4 is 5.32 Å². The van der Waals surface area contributed by atoms with Crippen LogP contribution in [0.15, 0.2) is 29.1 Å². The van der Waals surface area contributed by atoms with Gasteiger partial charge in [0.2, 0.25) is 0 Å². The molecule has 0 aromatic carbocycles. The summed E-state index contributed by atoms with van der Waals surface area (Å²) in [6, 6.07) is 2.02. The molecule has 1 N–H and O–H groups in total. The molecule has 2 heterocycles. The molecule has 0 aliphatic carbocycles. The summed E-state index contributed by atoms with van der Waals surface area (Å²) < 4.78 is 2.73. The largest absolute Gasteiger partial charge is 0.337 e. The number of aryl methyl sites for hydroxylation is 2. The summed E-state index contributed by atoms with van der Waals surface area (Å²) in [6.45, 7) is 2.01. The van der Waals surface area contributed by atoms with E-state index in [1.165, 1.54) is 0 Å². The minimum Gasteiger partial charge on any atom is -0.337 e. The van der Waals surface area contributed by atoms with Crippen LogP contribution in [0.3, 0.4) is 0 Å². The summed E-state index contributed by atoms with van der Waals surface area (Å²) in [5, 5.41) is 7.28. The van der Waals surface area contributed by atoms with E-state index in [0.717, 1.165) is 21.5 Å². The molecule has 2 aromatic heterocycles. The van der Waals surface area contributed by atoms with Gasteiger partial charge in [-0.15, -0.1) is 0 Å². The summed E-state index contributed by atoms with van der Waals surface area (Å²) in [5.74, 6) is 0.853. The van der Waals surface area contributed by atoms with Gasteiger partial charge in [-0.25, -0.2) is 4.98 Å². The highest BCUT2D eigenvalue weighted by molar-refractivity contribution is 9.10. The third kappa shape index (κ3) is 2.36. The van der Waals surface area contributed by atoms with E-state index >= 15 is 0 Å². The van der Waals surface area contributed by atoms with Crippen molar-refractivity contribution in [2.75, 3.05) is 5.32 Å². The van der Waals surface area contributed by atoms with Crippen molar-refractivity contribution in [2.45, 2.75) is 6.92 Å². The zero-order valence-corrected chi connectivity index (χ0v) is 10.1. The molecule has 15 heavy (non-hydrogen) atoms. The molecule has 0 aliphatic heterocycles. The second kappa shape index (κ2) is 4.02. The maximum atomic E-state index is 4.29. The van der Waals surface area contributed by atoms with Crippen LogP contribution in [0.4, 0.5) is 11.5 Å². The van der Waals surface area contributed by atoms with Crippen molar-refractivity contribution < 1.29 is 0 Å². The molecular weight excluding hydrogens is 256 g/mol. The first-order valence-corrected chi connectivity index (χ1v) is 5.32. The molecule has 4 nitrogen and oxygen atoms in total. The minimum absolute atomic E-state index is 0.853. The van der Waals surface area contributed by atoms with Crippen LogP contribution in [-0.4, -0.2) is 14.8 Å². The third-order valence-corrected chi connectivity index (χ3v) is 2.45. The Labute approximate surface area is 96.5 Å². The molecule has 0 spiro atoms. The summed E-state index contributed by atoms with van der Waals surface area (Å²) in [6.07, 6.45) is 5.44. The van der Waals surface area contributed by atoms with E-state index in [0.29, 0.717) is 0 Å². The second-order valence-electron chi connectivity index (χ2n) is 3.35. The molecule has 0 bridgehead atoms. The third-order valence-electron chi connectivity index (χ3n) is 2.01. The molecule has 0 saturated heterocycles. The first-order chi connectivity index (χ1) is 7.15. The molecule has 0 atom stereocenters. The number of nitrogens with one attached hydrogen (secondary N) is 1. The van der Waals surface area contributed by atoms with Crippen LogP contribution in [0.1, 0.15) is 5.56 Å². The lowest BCUT2D eigenvalue weighted by Gasteiger charge is -2.05. The Hall–Kier alpha value is -1.36. The first-order valence-electron chi connectivity index (χ1n) is 4.53. The summed E-state index contributed by atoms with van der Waals surface area (Å²) in [4.78, 5) is 4.29. The molecule has 2 rings (SSSR count). The highest BCUT2D eigenvalue weighted by Gasteiger charge is 2.02. The Morgan fingerprint density at radius 3 is 2.80 bits per heavy atom. The van der Waals surface area contributed by atoms with Gasteiger partial charge in [-0.05, 0) is 34.5 Å². The molecule has 0 fully saturated rings. The number of hydrogen-bond donors (Lipinski definition) is 1. The fourth-order valence-electron chi connectivity index (χ4n) is 1.29. The van der Waals surface area contributed by atoms with Crippen molar-refractivity contribution in [3.05, 3.63) is 34.7 Å². The van der Waals surface area contributed by atoms with Crippen molar-refractivity contribution in [3.8, 4) is 0 Å². The highest BCUT2D eigenvalue weighted by Crippen LogP contribution is 2.20. The number of anilines is 2. The second-order valence-corrected chi connectivity index (χ2v) is 4.26. The molecular formula is C10H11BrN4. The van der Waals surface area contributed by atoms with Gasteiger partial charge in [-0.3, -0.25) is 4.68 Å². The average molecular weight is 267 g/mol. The van der Waals surface area contributed by atoms with Gasteiger partial charge in [0.25, 0.3) is 0 Å². The molecule has 5 heteroatoms. The van der Waals surface area contributed by atoms with Crippen LogP contribution in [-0.2, 0) is 7.05 Å². The lowest BCUT2D eigenvalue weighted by Crippen LogP contribution is -1.95. The number of halogens is 1. The topological polar surface area (TPSA) is 42.7 Å². The Bertz CT molecular complexity index is 478. The molecule has 0 amide bonds. The van der Waals surface area contributed by atoms with E-state index in [-0.39, 0.29) is 0 Å². The van der Waals surface area contributed by atoms with E-state index in [1.807, 2.05) is 26.2 Å². The molecule has 0 radical (unpaired) electrons. The van der Waals surface area contributed by atoms with E-state index in [1.54, 1.807) is 17.1 Å². The quantitative estimate of drug-likeness (QED) is 0.909. The predicted octanol–water partition coefficient (Wildman–Crippen LogP) is 2.63. The Kier molecular flexibility index (Phi) is 2.73. The fourth-order valence-corrected chi connectivity index (χ4v) is 1.74. The zero-order valence-electron chi connectivity index (χ0n) is 8.53. The number of nitrogens with zero attached hydrogens (tertiary/aromatic N) is 3. The molecule has 2 aromatic rings. The maximum absolute atomic E-state index is 4.29. The summed E-state index contributed by atoms with van der Waals surface area (Å²) in [5.41, 5.74) is 2.03. The van der Waals surface area contributed by atoms with Gasteiger partial charge >= 0.3 is 0 Å². The minimum atomic E-state index is 0.853. The molecule has 0 unspecified atom stereocenters. The van der Waals surface area contributed by atoms with Crippen LogP contribution in [0.25, 0.3) is 0 Å². The number of hydrogen-bond acceptors (Lipinski definition) is 3. The fraction of sp³-hybridized carbons (Fsp3) is 0.200. The van der Waals surface area contributed by atoms with Gasteiger partial charge in [-0.1, -0.05) is 0 Å². The number of pyridine rings is 1. The smallest absolute Gasteiger partial charge is 0.133 e. The lowest BCUT2D eigenvalue weighted by molar-refractivity contribution is 0.768. The monoisotopic (exact) mass is 266 g/mol. The summed E-state index contributed by atoms with van der Waals surface area (Å²) >= 11 is 3.38. The Balaban J connectivity index is 2.24. The standard InChI is InChI=1S/C10H11BrN4/c1-7-3-8(11)4-12-10(7)14-9-5-13-15(2)6-9/h3-6H,1-2H3,(H,12,14). The van der Waals surface area contributed by atoms with E-state index in [4.69, 9.17) is 0 Å². The summed E-state index contributed by atoms with van der Waals surface area (Å²) in [7, 11) is 1.88. The van der Waals surface area contributed by atoms with Crippen LogP contribution in [0.5, 0.6) is 0 Å². The molecule has 0 aliphatic rings. The van der Waals surface area contributed by atoms with Crippen molar-refractivity contribution in [1.29, 1.82) is 0 Å². The van der Waals surface area contributed by atoms with E-state index < -0.39 is 0 Å². The van der Waals surface area contributed by atoms with Crippen molar-refractivity contribution >= 4 is 27.4 Å². The van der Waals surface area contributed by atoms with Gasteiger partial charge in [0.1, 0.15) is 5.82 Å². The van der Waals surface area contributed by atoms with Crippen LogP contribution in [0, 0.1) is 6.92 Å². The lowest BCUT2D eigenvalue weighted by atomic mass is 10.3. The van der Waals surface area contributed by atoms with E-state index in [9.17, 15) is 0 Å². The zero-order chi connectivity index (χ0) is 10.8. The molecule has 0 saturated carbocycles. The SMILES string of the molecule is Cc1cc(Br)cnc1Nc1cnn(C)c1. The maximum Gasteiger partial charge on any atom is 0.133 e. The average Bonchev–Trinajstić information content (AvgIpc) is 2.56. The van der Waals surface area contributed by atoms with Crippen molar-refractivity contribution in [1.82, 2.24) is 14.8 Å².